The highest BCUT2D eigenvalue weighted by Gasteiger charge is 2.11. The summed E-state index contributed by atoms with van der Waals surface area (Å²) in [6, 6.07) is 10.2. The summed E-state index contributed by atoms with van der Waals surface area (Å²) in [4.78, 5) is 14.0. The van der Waals surface area contributed by atoms with Crippen LogP contribution in [0.15, 0.2) is 30.3 Å². The third-order valence-electron chi connectivity index (χ3n) is 2.99. The van der Waals surface area contributed by atoms with Gasteiger partial charge in [0.15, 0.2) is 0 Å². The third kappa shape index (κ3) is 4.68. The molecule has 7 heteroatoms. The van der Waals surface area contributed by atoms with Crippen molar-refractivity contribution >= 4 is 34.5 Å². The Hall–Kier alpha value is -1.66. The zero-order valence-corrected chi connectivity index (χ0v) is 13.3. The molecule has 0 radical (unpaired) electrons. The maximum atomic E-state index is 11.8. The van der Waals surface area contributed by atoms with Gasteiger partial charge in [0.1, 0.15) is 0 Å². The number of hydrogen-bond donors (Lipinski definition) is 1. The molecule has 0 aliphatic rings. The summed E-state index contributed by atoms with van der Waals surface area (Å²) in [6.45, 7) is 4.54. The number of aromatic nitrogens is 2. The molecule has 1 aromatic carbocycles. The minimum atomic E-state index is -0.220. The molecular formula is C14H17ClN4OS. The van der Waals surface area contributed by atoms with E-state index in [0.717, 1.165) is 30.8 Å². The number of nitrogens with zero attached hydrogens (tertiary/aromatic N) is 3. The van der Waals surface area contributed by atoms with Crippen LogP contribution in [-0.4, -0.2) is 35.7 Å². The Balaban J connectivity index is 1.75. The molecule has 0 aliphatic carbocycles. The first-order chi connectivity index (χ1) is 10.2. The van der Waals surface area contributed by atoms with Crippen LogP contribution in [0.25, 0.3) is 0 Å². The first kappa shape index (κ1) is 15.7. The summed E-state index contributed by atoms with van der Waals surface area (Å²) < 4.78 is 0.279. The second-order valence-electron chi connectivity index (χ2n) is 4.38. The fourth-order valence-electron chi connectivity index (χ4n) is 1.95. The lowest BCUT2D eigenvalue weighted by Crippen LogP contribution is -2.29. The first-order valence-electron chi connectivity index (χ1n) is 6.78. The number of anilines is 1. The van der Waals surface area contributed by atoms with Gasteiger partial charge in [-0.05, 0) is 37.1 Å². The number of carbonyl (C=O) groups is 1. The molecule has 21 heavy (non-hydrogen) atoms. The van der Waals surface area contributed by atoms with Gasteiger partial charge in [-0.1, -0.05) is 29.5 Å². The number of hydrogen-bond acceptors (Lipinski definition) is 5. The van der Waals surface area contributed by atoms with Crippen molar-refractivity contribution in [2.45, 2.75) is 13.3 Å². The lowest BCUT2D eigenvalue weighted by molar-refractivity contribution is 0.0952. The van der Waals surface area contributed by atoms with E-state index in [2.05, 4.69) is 39.5 Å². The first-order valence-corrected chi connectivity index (χ1v) is 7.97. The predicted octanol–water partition coefficient (Wildman–Crippen LogP) is 2.84. The van der Waals surface area contributed by atoms with Gasteiger partial charge in [-0.3, -0.25) is 4.79 Å². The van der Waals surface area contributed by atoms with Crippen LogP contribution in [0.5, 0.6) is 0 Å². The molecule has 0 bridgehead atoms. The number of carbonyl (C=O) groups excluding carboxylic acids is 1. The van der Waals surface area contributed by atoms with Crippen molar-refractivity contribution in [3.8, 4) is 0 Å². The molecule has 2 aromatic rings. The third-order valence-corrected chi connectivity index (χ3v) is 4.01. The molecule has 0 fully saturated rings. The minimum absolute atomic E-state index is 0.220. The van der Waals surface area contributed by atoms with Crippen LogP contribution in [0.4, 0.5) is 5.69 Å². The summed E-state index contributed by atoms with van der Waals surface area (Å²) in [5.74, 6) is -0.220. The topological polar surface area (TPSA) is 58.1 Å². The van der Waals surface area contributed by atoms with Crippen LogP contribution < -0.4 is 10.2 Å². The van der Waals surface area contributed by atoms with Gasteiger partial charge in [0.2, 0.25) is 9.47 Å². The molecule has 0 unspecified atom stereocenters. The van der Waals surface area contributed by atoms with E-state index in [4.69, 9.17) is 11.6 Å². The number of nitrogens with one attached hydrogen (secondary N) is 1. The van der Waals surface area contributed by atoms with E-state index in [9.17, 15) is 4.79 Å². The number of amides is 1. The molecule has 2 rings (SSSR count). The van der Waals surface area contributed by atoms with Gasteiger partial charge in [0.05, 0.1) is 0 Å². The molecule has 0 saturated carbocycles. The molecule has 1 N–H and O–H groups in total. The highest BCUT2D eigenvalue weighted by molar-refractivity contribution is 7.17. The van der Waals surface area contributed by atoms with Gasteiger partial charge in [-0.25, -0.2) is 0 Å². The van der Waals surface area contributed by atoms with Crippen LogP contribution in [-0.2, 0) is 0 Å². The summed E-state index contributed by atoms with van der Waals surface area (Å²) in [6.07, 6.45) is 0.862. The van der Waals surface area contributed by atoms with Gasteiger partial charge in [0.25, 0.3) is 5.91 Å². The Morgan fingerprint density at radius 3 is 2.71 bits per heavy atom. The Kier molecular flexibility index (Phi) is 5.95. The Bertz CT molecular complexity index is 575. The molecule has 112 valence electrons. The smallest absolute Gasteiger partial charge is 0.282 e. The van der Waals surface area contributed by atoms with Gasteiger partial charge >= 0.3 is 0 Å². The number of benzene rings is 1. The van der Waals surface area contributed by atoms with Crippen molar-refractivity contribution in [3.05, 3.63) is 39.8 Å². The monoisotopic (exact) mass is 324 g/mol. The molecule has 0 aliphatic heterocycles. The summed E-state index contributed by atoms with van der Waals surface area (Å²) in [7, 11) is 0. The summed E-state index contributed by atoms with van der Waals surface area (Å²) in [5.41, 5.74) is 1.20. The zero-order chi connectivity index (χ0) is 15.1. The summed E-state index contributed by atoms with van der Waals surface area (Å²) in [5, 5.41) is 10.4. The molecule has 0 saturated heterocycles. The van der Waals surface area contributed by atoms with E-state index < -0.39 is 0 Å². The normalized spacial score (nSPS) is 10.4. The van der Waals surface area contributed by atoms with Gasteiger partial charge < -0.3 is 10.2 Å². The molecule has 1 heterocycles. The maximum Gasteiger partial charge on any atom is 0.282 e. The van der Waals surface area contributed by atoms with E-state index in [0.29, 0.717) is 11.6 Å². The quantitative estimate of drug-likeness (QED) is 0.796. The van der Waals surface area contributed by atoms with E-state index in [1.54, 1.807) is 0 Å². The van der Waals surface area contributed by atoms with Crippen molar-refractivity contribution in [3.63, 3.8) is 0 Å². The van der Waals surface area contributed by atoms with Crippen molar-refractivity contribution < 1.29 is 4.79 Å². The highest BCUT2D eigenvalue weighted by atomic mass is 35.5. The fraction of sp³-hybridized carbons (Fsp3) is 0.357. The van der Waals surface area contributed by atoms with E-state index in [1.807, 2.05) is 18.2 Å². The van der Waals surface area contributed by atoms with Crippen molar-refractivity contribution in [2.75, 3.05) is 24.5 Å². The molecule has 0 atom stereocenters. The van der Waals surface area contributed by atoms with Gasteiger partial charge in [0, 0.05) is 25.3 Å². The second-order valence-corrected chi connectivity index (χ2v) is 5.94. The average molecular weight is 325 g/mol. The zero-order valence-electron chi connectivity index (χ0n) is 11.8. The van der Waals surface area contributed by atoms with Crippen molar-refractivity contribution in [1.29, 1.82) is 0 Å². The van der Waals surface area contributed by atoms with Crippen LogP contribution in [0.1, 0.15) is 23.1 Å². The number of halogens is 1. The molecule has 0 spiro atoms. The van der Waals surface area contributed by atoms with E-state index in [1.165, 1.54) is 5.69 Å². The molecule has 1 amide bonds. The van der Waals surface area contributed by atoms with Gasteiger partial charge in [-0.2, -0.15) is 0 Å². The Morgan fingerprint density at radius 1 is 1.33 bits per heavy atom. The summed E-state index contributed by atoms with van der Waals surface area (Å²) >= 11 is 6.73. The largest absolute Gasteiger partial charge is 0.372 e. The lowest BCUT2D eigenvalue weighted by atomic mass is 10.2. The number of rotatable bonds is 7. The standard InChI is InChI=1S/C14H17ClN4OS/c1-2-19(11-7-4-3-5-8-11)10-6-9-16-12(20)13-17-18-14(15)21-13/h3-5,7-8H,2,6,9-10H2,1H3,(H,16,20). The molecule has 5 nitrogen and oxygen atoms in total. The van der Waals surface area contributed by atoms with Gasteiger partial charge in [-0.15, -0.1) is 10.2 Å². The maximum absolute atomic E-state index is 11.8. The van der Waals surface area contributed by atoms with E-state index in [-0.39, 0.29) is 10.4 Å². The van der Waals surface area contributed by atoms with Crippen LogP contribution in [0.3, 0.4) is 0 Å². The SMILES string of the molecule is CCN(CCCNC(=O)c1nnc(Cl)s1)c1ccccc1. The predicted molar refractivity (Wildman–Crippen MR) is 86.2 cm³/mol. The van der Waals surface area contributed by atoms with Crippen LogP contribution in [0.2, 0.25) is 4.47 Å². The van der Waals surface area contributed by atoms with Crippen molar-refractivity contribution in [1.82, 2.24) is 15.5 Å². The molecule has 1 aromatic heterocycles. The highest BCUT2D eigenvalue weighted by Crippen LogP contribution is 2.15. The van der Waals surface area contributed by atoms with E-state index >= 15 is 0 Å². The van der Waals surface area contributed by atoms with Crippen LogP contribution >= 0.6 is 22.9 Å². The fourth-order valence-corrected chi connectivity index (χ4v) is 2.70. The minimum Gasteiger partial charge on any atom is -0.372 e. The van der Waals surface area contributed by atoms with Crippen LogP contribution in [0, 0.1) is 0 Å². The van der Waals surface area contributed by atoms with Crippen molar-refractivity contribution in [2.24, 2.45) is 0 Å². The second kappa shape index (κ2) is 7.95. The molecular weight excluding hydrogens is 308 g/mol. The Labute approximate surface area is 133 Å². The number of para-hydroxylation sites is 1. The Morgan fingerprint density at radius 2 is 2.10 bits per heavy atom. The average Bonchev–Trinajstić information content (AvgIpc) is 2.95. The lowest BCUT2D eigenvalue weighted by Gasteiger charge is -2.23.